The lowest BCUT2D eigenvalue weighted by molar-refractivity contribution is -0.148. The fraction of sp³-hybridized carbons (Fsp3) is 0.556. The SMILES string of the molecule is COCCCn1nc(C)c2ccc(C(O)C(C(=O)O)C(C)C)cc21. The number of carbonyl (C=O) groups is 1. The highest BCUT2D eigenvalue weighted by Crippen LogP contribution is 2.31. The molecule has 0 aliphatic heterocycles. The van der Waals surface area contributed by atoms with Crippen LogP contribution in [0.25, 0.3) is 10.9 Å². The van der Waals surface area contributed by atoms with Gasteiger partial charge >= 0.3 is 5.97 Å². The Balaban J connectivity index is 2.38. The molecule has 0 amide bonds. The molecule has 2 N–H and O–H groups in total. The zero-order valence-corrected chi connectivity index (χ0v) is 14.7. The van der Waals surface area contributed by atoms with E-state index in [1.54, 1.807) is 27.0 Å². The van der Waals surface area contributed by atoms with Crippen molar-refractivity contribution in [3.8, 4) is 0 Å². The number of carboxylic acid groups (broad SMARTS) is 1. The molecule has 0 aliphatic rings. The van der Waals surface area contributed by atoms with Crippen LogP contribution in [-0.2, 0) is 16.1 Å². The number of aliphatic carboxylic acids is 1. The van der Waals surface area contributed by atoms with Crippen molar-refractivity contribution in [2.75, 3.05) is 13.7 Å². The summed E-state index contributed by atoms with van der Waals surface area (Å²) in [6.07, 6.45) is -0.210. The van der Waals surface area contributed by atoms with Crippen LogP contribution in [0.5, 0.6) is 0 Å². The van der Waals surface area contributed by atoms with E-state index in [1.807, 2.05) is 23.7 Å². The van der Waals surface area contributed by atoms with Gasteiger partial charge in [0.05, 0.1) is 23.2 Å². The Morgan fingerprint density at radius 2 is 2.08 bits per heavy atom. The van der Waals surface area contributed by atoms with Crippen LogP contribution in [-0.4, -0.2) is 39.7 Å². The molecule has 0 radical (unpaired) electrons. The van der Waals surface area contributed by atoms with Crippen LogP contribution in [0.3, 0.4) is 0 Å². The van der Waals surface area contributed by atoms with E-state index >= 15 is 0 Å². The predicted octanol–water partition coefficient (Wildman–Crippen LogP) is 2.77. The van der Waals surface area contributed by atoms with Gasteiger partial charge in [0.2, 0.25) is 0 Å². The first-order valence-corrected chi connectivity index (χ1v) is 8.23. The average Bonchev–Trinajstić information content (AvgIpc) is 2.83. The topological polar surface area (TPSA) is 84.6 Å². The summed E-state index contributed by atoms with van der Waals surface area (Å²) >= 11 is 0. The molecule has 2 atom stereocenters. The number of aromatic nitrogens is 2. The van der Waals surface area contributed by atoms with Crippen molar-refractivity contribution in [2.45, 2.75) is 39.8 Å². The molecule has 0 fully saturated rings. The smallest absolute Gasteiger partial charge is 0.309 e. The summed E-state index contributed by atoms with van der Waals surface area (Å²) in [5, 5.41) is 25.5. The minimum absolute atomic E-state index is 0.165. The van der Waals surface area contributed by atoms with E-state index in [0.29, 0.717) is 18.7 Å². The maximum Gasteiger partial charge on any atom is 0.309 e. The molecule has 1 heterocycles. The molecule has 2 rings (SSSR count). The summed E-state index contributed by atoms with van der Waals surface area (Å²) in [5.41, 5.74) is 2.44. The van der Waals surface area contributed by atoms with E-state index in [0.717, 1.165) is 23.0 Å². The maximum atomic E-state index is 11.5. The van der Waals surface area contributed by atoms with Crippen molar-refractivity contribution in [2.24, 2.45) is 11.8 Å². The van der Waals surface area contributed by atoms with Gasteiger partial charge in [-0.05, 0) is 30.9 Å². The number of ether oxygens (including phenoxy) is 1. The van der Waals surface area contributed by atoms with Gasteiger partial charge < -0.3 is 14.9 Å². The molecule has 0 saturated carbocycles. The van der Waals surface area contributed by atoms with E-state index in [9.17, 15) is 15.0 Å². The van der Waals surface area contributed by atoms with Crippen LogP contribution < -0.4 is 0 Å². The molecule has 0 bridgehead atoms. The predicted molar refractivity (Wildman–Crippen MR) is 91.9 cm³/mol. The highest BCUT2D eigenvalue weighted by molar-refractivity contribution is 5.83. The number of hydrogen-bond donors (Lipinski definition) is 2. The molecule has 0 spiro atoms. The third-order valence-electron chi connectivity index (χ3n) is 4.36. The van der Waals surface area contributed by atoms with Crippen LogP contribution in [0.2, 0.25) is 0 Å². The van der Waals surface area contributed by atoms with E-state index in [4.69, 9.17) is 4.74 Å². The van der Waals surface area contributed by atoms with Gasteiger partial charge in [0.1, 0.15) is 0 Å². The zero-order valence-electron chi connectivity index (χ0n) is 14.7. The Kier molecular flexibility index (Phi) is 5.96. The van der Waals surface area contributed by atoms with E-state index < -0.39 is 18.0 Å². The van der Waals surface area contributed by atoms with Crippen molar-refractivity contribution in [1.29, 1.82) is 0 Å². The number of aliphatic hydroxyl groups is 1. The molecule has 132 valence electrons. The Morgan fingerprint density at radius 1 is 1.38 bits per heavy atom. The number of benzene rings is 1. The quantitative estimate of drug-likeness (QED) is 0.725. The number of hydrogen-bond acceptors (Lipinski definition) is 4. The van der Waals surface area contributed by atoms with Gasteiger partial charge in [0, 0.05) is 25.6 Å². The van der Waals surface area contributed by atoms with Crippen LogP contribution in [0.4, 0.5) is 0 Å². The molecular weight excluding hydrogens is 308 g/mol. The van der Waals surface area contributed by atoms with Crippen LogP contribution in [0.15, 0.2) is 18.2 Å². The van der Waals surface area contributed by atoms with Gasteiger partial charge in [-0.3, -0.25) is 9.48 Å². The Morgan fingerprint density at radius 3 is 2.67 bits per heavy atom. The molecule has 2 unspecified atom stereocenters. The first-order valence-electron chi connectivity index (χ1n) is 8.23. The third kappa shape index (κ3) is 3.76. The average molecular weight is 334 g/mol. The molecule has 6 nitrogen and oxygen atoms in total. The zero-order chi connectivity index (χ0) is 17.9. The highest BCUT2D eigenvalue weighted by Gasteiger charge is 2.31. The van der Waals surface area contributed by atoms with Gasteiger partial charge in [0.15, 0.2) is 0 Å². The number of fused-ring (bicyclic) bond motifs is 1. The lowest BCUT2D eigenvalue weighted by atomic mass is 9.86. The largest absolute Gasteiger partial charge is 0.481 e. The fourth-order valence-electron chi connectivity index (χ4n) is 3.06. The van der Waals surface area contributed by atoms with Gasteiger partial charge in [-0.15, -0.1) is 0 Å². The standard InChI is InChI=1S/C18H26N2O4/c1-11(2)16(18(22)23)17(21)13-6-7-14-12(3)19-20(15(14)10-13)8-5-9-24-4/h6-7,10-11,16-17,21H,5,8-9H2,1-4H3,(H,22,23). The minimum Gasteiger partial charge on any atom is -0.481 e. The number of aryl methyl sites for hydroxylation is 2. The van der Waals surface area contributed by atoms with Crippen LogP contribution in [0, 0.1) is 18.8 Å². The van der Waals surface area contributed by atoms with Crippen molar-refractivity contribution in [1.82, 2.24) is 9.78 Å². The molecule has 0 aliphatic carbocycles. The fourth-order valence-corrected chi connectivity index (χ4v) is 3.06. The Bertz CT molecular complexity index is 708. The number of methoxy groups -OCH3 is 1. The number of aliphatic hydroxyl groups excluding tert-OH is 1. The lowest BCUT2D eigenvalue weighted by Crippen LogP contribution is -2.26. The minimum atomic E-state index is -1.05. The molecule has 1 aromatic carbocycles. The molecule has 6 heteroatoms. The Hall–Kier alpha value is -1.92. The monoisotopic (exact) mass is 334 g/mol. The van der Waals surface area contributed by atoms with Crippen molar-refractivity contribution >= 4 is 16.9 Å². The molecular formula is C18H26N2O4. The van der Waals surface area contributed by atoms with Gasteiger partial charge in [0.25, 0.3) is 0 Å². The van der Waals surface area contributed by atoms with Gasteiger partial charge in [-0.2, -0.15) is 5.10 Å². The second-order valence-corrected chi connectivity index (χ2v) is 6.48. The van der Waals surface area contributed by atoms with E-state index in [1.165, 1.54) is 0 Å². The summed E-state index contributed by atoms with van der Waals surface area (Å²) in [5.74, 6) is -1.99. The van der Waals surface area contributed by atoms with Crippen molar-refractivity contribution in [3.63, 3.8) is 0 Å². The molecule has 24 heavy (non-hydrogen) atoms. The summed E-state index contributed by atoms with van der Waals surface area (Å²) < 4.78 is 6.98. The molecule has 0 saturated heterocycles. The van der Waals surface area contributed by atoms with E-state index in [2.05, 4.69) is 5.10 Å². The first kappa shape index (κ1) is 18.4. The molecule has 1 aromatic heterocycles. The first-order chi connectivity index (χ1) is 11.4. The third-order valence-corrected chi connectivity index (χ3v) is 4.36. The Labute approximate surface area is 142 Å². The summed E-state index contributed by atoms with van der Waals surface area (Å²) in [6.45, 7) is 6.92. The number of rotatable bonds is 8. The second-order valence-electron chi connectivity index (χ2n) is 6.48. The van der Waals surface area contributed by atoms with Gasteiger partial charge in [-0.1, -0.05) is 26.0 Å². The van der Waals surface area contributed by atoms with Crippen molar-refractivity contribution < 1.29 is 19.7 Å². The lowest BCUT2D eigenvalue weighted by Gasteiger charge is -2.22. The normalized spacial score (nSPS) is 14.2. The van der Waals surface area contributed by atoms with E-state index in [-0.39, 0.29) is 5.92 Å². The van der Waals surface area contributed by atoms with Crippen molar-refractivity contribution in [3.05, 3.63) is 29.5 Å². The van der Waals surface area contributed by atoms with Gasteiger partial charge in [-0.25, -0.2) is 0 Å². The van der Waals surface area contributed by atoms with Crippen LogP contribution >= 0.6 is 0 Å². The number of nitrogens with zero attached hydrogens (tertiary/aromatic N) is 2. The summed E-state index contributed by atoms with van der Waals surface area (Å²) in [4.78, 5) is 11.5. The summed E-state index contributed by atoms with van der Waals surface area (Å²) in [6, 6.07) is 5.55. The number of carboxylic acids is 1. The highest BCUT2D eigenvalue weighted by atomic mass is 16.5. The van der Waals surface area contributed by atoms with Crippen LogP contribution in [0.1, 0.15) is 37.6 Å². The second kappa shape index (κ2) is 7.77. The molecule has 2 aromatic rings. The maximum absolute atomic E-state index is 11.5. The summed E-state index contributed by atoms with van der Waals surface area (Å²) in [7, 11) is 1.67.